The summed E-state index contributed by atoms with van der Waals surface area (Å²) >= 11 is 0. The van der Waals surface area contributed by atoms with Crippen molar-refractivity contribution in [2.45, 2.75) is 32.2 Å². The number of hydrogen-bond donors (Lipinski definition) is 1. The topological polar surface area (TPSA) is 12.0 Å². The molecular weight excluding hydrogens is 273 g/mol. The van der Waals surface area contributed by atoms with Gasteiger partial charge in [0, 0.05) is 17.2 Å². The number of aryl methyl sites for hydroxylation is 2. The van der Waals surface area contributed by atoms with Gasteiger partial charge in [-0.3, -0.25) is 0 Å². The van der Waals surface area contributed by atoms with Gasteiger partial charge >= 0.3 is 0 Å². The standard InChI is InChI=1S/C20H20FN/c1-12-10-13(2)19-17(11-12)14-7-5-8-15(14)20(22-19)16-6-3-4-9-18(16)21/h3-7,9-11,14-15,20,22H,8H2,1-2H3/t14-,15-,20+/m1/s1. The van der Waals surface area contributed by atoms with Gasteiger partial charge in [-0.25, -0.2) is 4.39 Å². The van der Waals surface area contributed by atoms with Gasteiger partial charge in [0.15, 0.2) is 0 Å². The van der Waals surface area contributed by atoms with E-state index in [4.69, 9.17) is 0 Å². The third-order valence-corrected chi connectivity index (χ3v) is 5.05. The van der Waals surface area contributed by atoms with Gasteiger partial charge in [-0.1, -0.05) is 48.0 Å². The van der Waals surface area contributed by atoms with Crippen LogP contribution in [0.3, 0.4) is 0 Å². The second kappa shape index (κ2) is 4.98. The van der Waals surface area contributed by atoms with Gasteiger partial charge in [-0.05, 0) is 43.4 Å². The largest absolute Gasteiger partial charge is 0.377 e. The zero-order chi connectivity index (χ0) is 15.3. The molecule has 1 aliphatic heterocycles. The van der Waals surface area contributed by atoms with Gasteiger partial charge in [0.25, 0.3) is 0 Å². The first-order valence-electron chi connectivity index (χ1n) is 7.94. The summed E-state index contributed by atoms with van der Waals surface area (Å²) < 4.78 is 14.3. The first kappa shape index (κ1) is 13.6. The second-order valence-electron chi connectivity index (χ2n) is 6.54. The fourth-order valence-electron chi connectivity index (χ4n) is 4.11. The van der Waals surface area contributed by atoms with Crippen molar-refractivity contribution in [1.82, 2.24) is 0 Å². The van der Waals surface area contributed by atoms with E-state index in [0.717, 1.165) is 12.0 Å². The number of benzene rings is 2. The number of anilines is 1. The third-order valence-electron chi connectivity index (χ3n) is 5.05. The van der Waals surface area contributed by atoms with Crippen LogP contribution in [0, 0.1) is 25.6 Å². The summed E-state index contributed by atoms with van der Waals surface area (Å²) in [7, 11) is 0. The van der Waals surface area contributed by atoms with Crippen LogP contribution < -0.4 is 5.32 Å². The Labute approximate surface area is 130 Å². The SMILES string of the molecule is Cc1cc(C)c2c(c1)[C@@H]1C=CC[C@H]1[C@@H](c1ccccc1F)N2. The van der Waals surface area contributed by atoms with Crippen LogP contribution in [0.4, 0.5) is 10.1 Å². The Balaban J connectivity index is 1.86. The van der Waals surface area contributed by atoms with E-state index in [2.05, 4.69) is 43.4 Å². The Morgan fingerprint density at radius 2 is 1.91 bits per heavy atom. The molecule has 0 radical (unpaired) electrons. The van der Waals surface area contributed by atoms with E-state index in [1.165, 1.54) is 22.4 Å². The molecule has 112 valence electrons. The molecule has 0 unspecified atom stereocenters. The molecule has 2 aliphatic rings. The van der Waals surface area contributed by atoms with Gasteiger partial charge < -0.3 is 5.32 Å². The van der Waals surface area contributed by atoms with E-state index in [-0.39, 0.29) is 11.9 Å². The zero-order valence-corrected chi connectivity index (χ0v) is 12.9. The number of halogens is 1. The molecule has 2 aromatic rings. The predicted octanol–water partition coefficient (Wildman–Crippen LogP) is 5.27. The number of fused-ring (bicyclic) bond motifs is 3. The van der Waals surface area contributed by atoms with Crippen LogP contribution in [0.2, 0.25) is 0 Å². The molecule has 0 saturated heterocycles. The smallest absolute Gasteiger partial charge is 0.128 e. The summed E-state index contributed by atoms with van der Waals surface area (Å²) in [6.07, 6.45) is 5.55. The molecule has 4 rings (SSSR count). The molecule has 2 aromatic carbocycles. The number of nitrogens with one attached hydrogen (secondary N) is 1. The fraction of sp³-hybridized carbons (Fsp3) is 0.300. The van der Waals surface area contributed by atoms with Gasteiger partial charge in [-0.15, -0.1) is 0 Å². The summed E-state index contributed by atoms with van der Waals surface area (Å²) in [6, 6.07) is 11.7. The van der Waals surface area contributed by atoms with E-state index in [1.807, 2.05) is 12.1 Å². The molecule has 0 aromatic heterocycles. The van der Waals surface area contributed by atoms with Crippen LogP contribution in [0.5, 0.6) is 0 Å². The van der Waals surface area contributed by atoms with Crippen molar-refractivity contribution in [3.63, 3.8) is 0 Å². The monoisotopic (exact) mass is 293 g/mol. The predicted molar refractivity (Wildman–Crippen MR) is 88.7 cm³/mol. The maximum atomic E-state index is 14.3. The maximum absolute atomic E-state index is 14.3. The molecule has 1 heterocycles. The van der Waals surface area contributed by atoms with Crippen molar-refractivity contribution in [1.29, 1.82) is 0 Å². The molecule has 0 bridgehead atoms. The lowest BCUT2D eigenvalue weighted by Gasteiger charge is -2.38. The third kappa shape index (κ3) is 1.98. The van der Waals surface area contributed by atoms with Gasteiger partial charge in [0.05, 0.1) is 6.04 Å². The summed E-state index contributed by atoms with van der Waals surface area (Å²) in [5.74, 6) is 0.670. The lowest BCUT2D eigenvalue weighted by molar-refractivity contribution is 0.413. The van der Waals surface area contributed by atoms with Crippen LogP contribution in [0.15, 0.2) is 48.6 Å². The van der Waals surface area contributed by atoms with Gasteiger partial charge in [0.1, 0.15) is 5.82 Å². The summed E-state index contributed by atoms with van der Waals surface area (Å²) in [6.45, 7) is 4.28. The molecule has 2 heteroatoms. The van der Waals surface area contributed by atoms with Crippen molar-refractivity contribution >= 4 is 5.69 Å². The average molecular weight is 293 g/mol. The molecule has 0 fully saturated rings. The minimum atomic E-state index is -0.112. The molecule has 1 aliphatic carbocycles. The van der Waals surface area contributed by atoms with Crippen LogP contribution in [0.1, 0.15) is 40.6 Å². The Morgan fingerprint density at radius 1 is 1.09 bits per heavy atom. The summed E-state index contributed by atoms with van der Waals surface area (Å²) in [5.41, 5.74) is 5.87. The molecule has 0 saturated carbocycles. The van der Waals surface area contributed by atoms with Crippen LogP contribution in [-0.2, 0) is 0 Å². The highest BCUT2D eigenvalue weighted by Crippen LogP contribution is 2.51. The molecule has 0 amide bonds. The Hall–Kier alpha value is -2.09. The molecule has 22 heavy (non-hydrogen) atoms. The minimum absolute atomic E-state index is 0.0371. The zero-order valence-electron chi connectivity index (χ0n) is 12.9. The molecule has 0 spiro atoms. The van der Waals surface area contributed by atoms with Crippen molar-refractivity contribution in [3.8, 4) is 0 Å². The Kier molecular flexibility index (Phi) is 3.07. The van der Waals surface area contributed by atoms with Crippen molar-refractivity contribution in [3.05, 3.63) is 76.6 Å². The highest BCUT2D eigenvalue weighted by molar-refractivity contribution is 5.65. The van der Waals surface area contributed by atoms with Crippen molar-refractivity contribution in [2.24, 2.45) is 5.92 Å². The summed E-state index contributed by atoms with van der Waals surface area (Å²) in [5, 5.41) is 3.64. The summed E-state index contributed by atoms with van der Waals surface area (Å²) in [4.78, 5) is 0. The fourth-order valence-corrected chi connectivity index (χ4v) is 4.11. The molecule has 3 atom stereocenters. The highest BCUT2D eigenvalue weighted by atomic mass is 19.1. The van der Waals surface area contributed by atoms with Crippen LogP contribution in [0.25, 0.3) is 0 Å². The number of allylic oxidation sites excluding steroid dienone is 2. The maximum Gasteiger partial charge on any atom is 0.128 e. The lowest BCUT2D eigenvalue weighted by Crippen LogP contribution is -2.30. The number of rotatable bonds is 1. The Morgan fingerprint density at radius 3 is 2.73 bits per heavy atom. The van der Waals surface area contributed by atoms with Crippen LogP contribution in [-0.4, -0.2) is 0 Å². The van der Waals surface area contributed by atoms with E-state index in [9.17, 15) is 4.39 Å². The van der Waals surface area contributed by atoms with Crippen molar-refractivity contribution in [2.75, 3.05) is 5.32 Å². The molecular formula is C20H20FN. The van der Waals surface area contributed by atoms with Gasteiger partial charge in [-0.2, -0.15) is 0 Å². The first-order chi connectivity index (χ1) is 10.6. The van der Waals surface area contributed by atoms with Crippen molar-refractivity contribution < 1.29 is 4.39 Å². The minimum Gasteiger partial charge on any atom is -0.377 e. The van der Waals surface area contributed by atoms with Gasteiger partial charge in [0.2, 0.25) is 0 Å². The molecule has 1 N–H and O–H groups in total. The average Bonchev–Trinajstić information content (AvgIpc) is 2.97. The van der Waals surface area contributed by atoms with E-state index >= 15 is 0 Å². The lowest BCUT2D eigenvalue weighted by atomic mass is 9.76. The van der Waals surface area contributed by atoms with E-state index in [1.54, 1.807) is 12.1 Å². The van der Waals surface area contributed by atoms with E-state index < -0.39 is 0 Å². The van der Waals surface area contributed by atoms with E-state index in [0.29, 0.717) is 11.8 Å². The quantitative estimate of drug-likeness (QED) is 0.706. The number of hydrogen-bond acceptors (Lipinski definition) is 1. The normalized spacial score (nSPS) is 25.5. The first-order valence-corrected chi connectivity index (χ1v) is 7.94. The second-order valence-corrected chi connectivity index (χ2v) is 6.54. The van der Waals surface area contributed by atoms with Crippen LogP contribution >= 0.6 is 0 Å². The Bertz CT molecular complexity index is 762. The molecule has 1 nitrogen and oxygen atoms in total. The highest BCUT2D eigenvalue weighted by Gasteiger charge is 2.39.